The van der Waals surface area contributed by atoms with Gasteiger partial charge in [-0.3, -0.25) is 4.79 Å². The first kappa shape index (κ1) is 22.1. The van der Waals surface area contributed by atoms with Crippen LogP contribution in [0.15, 0.2) is 107 Å². The van der Waals surface area contributed by atoms with Crippen LogP contribution in [-0.4, -0.2) is 25.8 Å². The van der Waals surface area contributed by atoms with Crippen LogP contribution in [0.4, 0.5) is 5.69 Å². The van der Waals surface area contributed by atoms with Gasteiger partial charge in [0.1, 0.15) is 6.29 Å². The Morgan fingerprint density at radius 2 is 1.52 bits per heavy atom. The highest BCUT2D eigenvalue weighted by atomic mass is 32.2. The monoisotopic (exact) mass is 428 g/mol. The Labute approximate surface area is 186 Å². The molecule has 0 aliphatic heterocycles. The predicted molar refractivity (Wildman–Crippen MR) is 129 cm³/mol. The molecule has 0 aromatic heterocycles. The second-order valence-electron chi connectivity index (χ2n) is 6.56. The van der Waals surface area contributed by atoms with E-state index in [1.54, 1.807) is 17.8 Å². The number of benzene rings is 4. The molecule has 0 bridgehead atoms. The van der Waals surface area contributed by atoms with Gasteiger partial charge in [0, 0.05) is 28.1 Å². The lowest BCUT2D eigenvalue weighted by molar-refractivity contribution is -0.107. The van der Waals surface area contributed by atoms with Crippen LogP contribution in [0.5, 0.6) is 0 Å². The van der Waals surface area contributed by atoms with E-state index in [2.05, 4.69) is 53.1 Å². The van der Waals surface area contributed by atoms with Crippen molar-refractivity contribution in [3.63, 3.8) is 0 Å². The summed E-state index contributed by atoms with van der Waals surface area (Å²) in [6, 6.07) is 31.9. The number of amides is 1. The summed E-state index contributed by atoms with van der Waals surface area (Å²) in [5, 5.41) is 7.64. The van der Waals surface area contributed by atoms with Gasteiger partial charge in [0.05, 0.1) is 6.54 Å². The van der Waals surface area contributed by atoms with Crippen LogP contribution < -0.4 is 10.6 Å². The number of nitrogens with one attached hydrogen (secondary N) is 2. The molecule has 4 aromatic rings. The number of anilines is 1. The summed E-state index contributed by atoms with van der Waals surface area (Å²) in [5.74, 6) is -0.219. The summed E-state index contributed by atoms with van der Waals surface area (Å²) in [5.41, 5.74) is 1.77. The standard InChI is InChI=1S/C13H11NO2.C13H13NS/c15-9-8-14-13(16)12-7-3-5-10-4-1-2-6-11(10)12;1-14-12-9-5-6-10-13(12)15-11-7-3-2-4-8-11/h1-7,9H,8H2,(H,14,16);2-10,14H,1H3. The van der Waals surface area contributed by atoms with Crippen LogP contribution in [0.2, 0.25) is 0 Å². The van der Waals surface area contributed by atoms with Gasteiger partial charge in [-0.05, 0) is 41.1 Å². The molecule has 0 heterocycles. The van der Waals surface area contributed by atoms with Gasteiger partial charge in [0.25, 0.3) is 5.91 Å². The average Bonchev–Trinajstić information content (AvgIpc) is 2.83. The van der Waals surface area contributed by atoms with Gasteiger partial charge in [-0.2, -0.15) is 0 Å². The van der Waals surface area contributed by atoms with Gasteiger partial charge < -0.3 is 15.4 Å². The molecule has 5 heteroatoms. The molecule has 4 nitrogen and oxygen atoms in total. The second-order valence-corrected chi connectivity index (χ2v) is 7.68. The predicted octanol–water partition coefficient (Wildman–Crippen LogP) is 5.65. The largest absolute Gasteiger partial charge is 0.387 e. The summed E-state index contributed by atoms with van der Waals surface area (Å²) in [7, 11) is 1.95. The van der Waals surface area contributed by atoms with E-state index < -0.39 is 0 Å². The van der Waals surface area contributed by atoms with Crippen molar-refractivity contribution >= 4 is 40.4 Å². The third-order valence-electron chi connectivity index (χ3n) is 4.51. The number of hydrogen-bond acceptors (Lipinski definition) is 4. The highest BCUT2D eigenvalue weighted by Gasteiger charge is 2.08. The van der Waals surface area contributed by atoms with Gasteiger partial charge in [0.15, 0.2) is 0 Å². The summed E-state index contributed by atoms with van der Waals surface area (Å²) in [4.78, 5) is 24.5. The number of fused-ring (bicyclic) bond motifs is 1. The van der Waals surface area contributed by atoms with Gasteiger partial charge in [-0.25, -0.2) is 0 Å². The van der Waals surface area contributed by atoms with E-state index in [0.29, 0.717) is 11.8 Å². The fraction of sp³-hybridized carbons (Fsp3) is 0.0769. The third-order valence-corrected chi connectivity index (χ3v) is 5.59. The molecule has 1 amide bonds. The van der Waals surface area contributed by atoms with Crippen molar-refractivity contribution < 1.29 is 9.59 Å². The lowest BCUT2D eigenvalue weighted by Gasteiger charge is -2.07. The summed E-state index contributed by atoms with van der Waals surface area (Å²) < 4.78 is 0. The Kier molecular flexibility index (Phi) is 8.26. The minimum atomic E-state index is -0.219. The molecule has 0 unspecified atom stereocenters. The lowest BCUT2D eigenvalue weighted by Crippen LogP contribution is -2.25. The zero-order chi connectivity index (χ0) is 21.9. The fourth-order valence-corrected chi connectivity index (χ4v) is 4.00. The molecule has 0 fully saturated rings. The average molecular weight is 429 g/mol. The van der Waals surface area contributed by atoms with Crippen LogP contribution in [0, 0.1) is 0 Å². The molecule has 31 heavy (non-hydrogen) atoms. The van der Waals surface area contributed by atoms with E-state index in [4.69, 9.17) is 0 Å². The number of para-hydroxylation sites is 1. The van der Waals surface area contributed by atoms with E-state index in [9.17, 15) is 9.59 Å². The van der Waals surface area contributed by atoms with E-state index >= 15 is 0 Å². The molecule has 0 aliphatic rings. The van der Waals surface area contributed by atoms with Gasteiger partial charge in [0.2, 0.25) is 0 Å². The first-order chi connectivity index (χ1) is 15.2. The summed E-state index contributed by atoms with van der Waals surface area (Å²) in [6.07, 6.45) is 0.670. The molecule has 2 N–H and O–H groups in total. The molecular formula is C26H24N2O2S. The Morgan fingerprint density at radius 1 is 0.839 bits per heavy atom. The normalized spacial score (nSPS) is 9.97. The SMILES string of the molecule is CNc1ccccc1Sc1ccccc1.O=CCNC(=O)c1cccc2ccccc12. The molecule has 0 aliphatic carbocycles. The minimum absolute atomic E-state index is 0.0437. The van der Waals surface area contributed by atoms with Crippen molar-refractivity contribution in [2.45, 2.75) is 9.79 Å². The van der Waals surface area contributed by atoms with Crippen molar-refractivity contribution in [2.75, 3.05) is 18.9 Å². The molecule has 0 radical (unpaired) electrons. The maximum Gasteiger partial charge on any atom is 0.252 e. The van der Waals surface area contributed by atoms with Crippen molar-refractivity contribution in [3.8, 4) is 0 Å². The quantitative estimate of drug-likeness (QED) is 0.390. The zero-order valence-corrected chi connectivity index (χ0v) is 18.1. The molecule has 0 saturated carbocycles. The van der Waals surface area contributed by atoms with Crippen molar-refractivity contribution in [1.29, 1.82) is 0 Å². The molecular weight excluding hydrogens is 404 g/mol. The smallest absolute Gasteiger partial charge is 0.252 e. The topological polar surface area (TPSA) is 58.2 Å². The van der Waals surface area contributed by atoms with Crippen LogP contribution >= 0.6 is 11.8 Å². The van der Waals surface area contributed by atoms with Crippen molar-refractivity contribution in [2.24, 2.45) is 0 Å². The van der Waals surface area contributed by atoms with E-state index in [0.717, 1.165) is 10.8 Å². The van der Waals surface area contributed by atoms with E-state index in [1.165, 1.54) is 15.5 Å². The van der Waals surface area contributed by atoms with Gasteiger partial charge >= 0.3 is 0 Å². The molecule has 0 atom stereocenters. The van der Waals surface area contributed by atoms with Crippen LogP contribution in [0.1, 0.15) is 10.4 Å². The van der Waals surface area contributed by atoms with Crippen molar-refractivity contribution in [3.05, 3.63) is 103 Å². The maximum absolute atomic E-state index is 11.7. The number of aldehydes is 1. The summed E-state index contributed by atoms with van der Waals surface area (Å²) in [6.45, 7) is 0.0437. The number of carbonyl (C=O) groups excluding carboxylic acids is 2. The van der Waals surface area contributed by atoms with E-state index in [1.807, 2.05) is 55.6 Å². The zero-order valence-electron chi connectivity index (χ0n) is 17.2. The maximum atomic E-state index is 11.7. The van der Waals surface area contributed by atoms with Crippen LogP contribution in [-0.2, 0) is 4.79 Å². The minimum Gasteiger partial charge on any atom is -0.387 e. The summed E-state index contributed by atoms with van der Waals surface area (Å²) >= 11 is 1.78. The number of hydrogen-bond donors (Lipinski definition) is 2. The molecule has 0 spiro atoms. The molecule has 156 valence electrons. The van der Waals surface area contributed by atoms with Crippen molar-refractivity contribution in [1.82, 2.24) is 5.32 Å². The highest BCUT2D eigenvalue weighted by molar-refractivity contribution is 7.99. The Hall–Kier alpha value is -3.57. The third kappa shape index (κ3) is 6.20. The first-order valence-corrected chi connectivity index (χ1v) is 10.7. The second kappa shape index (κ2) is 11.6. The van der Waals surface area contributed by atoms with Gasteiger partial charge in [-0.15, -0.1) is 0 Å². The lowest BCUT2D eigenvalue weighted by atomic mass is 10.0. The van der Waals surface area contributed by atoms with E-state index in [-0.39, 0.29) is 12.5 Å². The Balaban J connectivity index is 0.000000176. The number of carbonyl (C=O) groups is 2. The first-order valence-electron chi connectivity index (χ1n) is 9.92. The molecule has 0 saturated heterocycles. The van der Waals surface area contributed by atoms with Crippen LogP contribution in [0.25, 0.3) is 10.8 Å². The molecule has 4 aromatic carbocycles. The highest BCUT2D eigenvalue weighted by Crippen LogP contribution is 2.32. The fourth-order valence-electron chi connectivity index (χ4n) is 3.03. The Bertz CT molecular complexity index is 1140. The van der Waals surface area contributed by atoms with Crippen LogP contribution in [0.3, 0.4) is 0 Å². The number of rotatable bonds is 6. The Morgan fingerprint density at radius 3 is 2.29 bits per heavy atom. The van der Waals surface area contributed by atoms with Gasteiger partial charge in [-0.1, -0.05) is 78.5 Å². The molecule has 4 rings (SSSR count).